The van der Waals surface area contributed by atoms with Crippen LogP contribution in [0.25, 0.3) is 0 Å². The van der Waals surface area contributed by atoms with Crippen molar-refractivity contribution < 1.29 is 9.59 Å². The van der Waals surface area contributed by atoms with Gasteiger partial charge in [-0.15, -0.1) is 0 Å². The van der Waals surface area contributed by atoms with Crippen LogP contribution in [0.1, 0.15) is 31.7 Å². The first-order chi connectivity index (χ1) is 11.2. The molecule has 2 aliphatic heterocycles. The lowest BCUT2D eigenvalue weighted by atomic mass is 10.1. The molecular weight excluding hydrogens is 294 g/mol. The van der Waals surface area contributed by atoms with E-state index < -0.39 is 6.04 Å². The maximum Gasteiger partial charge on any atom is 0.263 e. The number of benzene rings is 1. The van der Waals surface area contributed by atoms with Crippen molar-refractivity contribution in [3.8, 4) is 0 Å². The summed E-state index contributed by atoms with van der Waals surface area (Å²) in [5.41, 5.74) is 4.15. The normalized spacial score (nSPS) is 18.7. The number of fused-ring (bicyclic) bond motifs is 3. The predicted molar refractivity (Wildman–Crippen MR) is 87.4 cm³/mol. The third-order valence-corrected chi connectivity index (χ3v) is 3.85. The number of nitrogens with one attached hydrogen (secondary N) is 2. The molecule has 3 rings (SSSR count). The zero-order valence-corrected chi connectivity index (χ0v) is 13.0. The number of carbonyl (C=O) groups excluding carboxylic acids is 2. The SMILES string of the molecule is CCCCNC(=O)C[C@@H]1C(=O)NN=C2c3ccccc3N=CN21. The van der Waals surface area contributed by atoms with E-state index in [1.807, 2.05) is 24.3 Å². The van der Waals surface area contributed by atoms with Gasteiger partial charge in [-0.05, 0) is 18.6 Å². The molecule has 7 nitrogen and oxygen atoms in total. The molecule has 0 radical (unpaired) electrons. The number of para-hydroxylation sites is 1. The maximum atomic E-state index is 12.1. The van der Waals surface area contributed by atoms with Gasteiger partial charge < -0.3 is 10.2 Å². The molecule has 23 heavy (non-hydrogen) atoms. The summed E-state index contributed by atoms with van der Waals surface area (Å²) < 4.78 is 0. The molecule has 2 N–H and O–H groups in total. The Balaban J connectivity index is 1.77. The van der Waals surface area contributed by atoms with E-state index in [-0.39, 0.29) is 18.2 Å². The topological polar surface area (TPSA) is 86.2 Å². The molecule has 1 aromatic rings. The lowest BCUT2D eigenvalue weighted by Crippen LogP contribution is -2.55. The highest BCUT2D eigenvalue weighted by molar-refractivity contribution is 6.14. The van der Waals surface area contributed by atoms with Crippen molar-refractivity contribution in [1.82, 2.24) is 15.6 Å². The molecule has 2 heterocycles. The van der Waals surface area contributed by atoms with E-state index in [0.29, 0.717) is 12.4 Å². The average Bonchev–Trinajstić information content (AvgIpc) is 2.57. The van der Waals surface area contributed by atoms with Crippen LogP contribution in [-0.4, -0.2) is 41.5 Å². The highest BCUT2D eigenvalue weighted by atomic mass is 16.2. The number of hydrogen-bond acceptors (Lipinski definition) is 5. The number of aliphatic imine (C=N–C) groups is 1. The Morgan fingerprint density at radius 1 is 1.39 bits per heavy atom. The number of amides is 2. The highest BCUT2D eigenvalue weighted by Crippen LogP contribution is 2.27. The van der Waals surface area contributed by atoms with E-state index in [9.17, 15) is 9.59 Å². The molecule has 0 saturated carbocycles. The van der Waals surface area contributed by atoms with Crippen LogP contribution in [0.2, 0.25) is 0 Å². The molecule has 0 unspecified atom stereocenters. The molecule has 0 spiro atoms. The van der Waals surface area contributed by atoms with Crippen LogP contribution >= 0.6 is 0 Å². The fraction of sp³-hybridized carbons (Fsp3) is 0.375. The zero-order valence-electron chi connectivity index (χ0n) is 13.0. The molecular formula is C16H19N5O2. The third-order valence-electron chi connectivity index (χ3n) is 3.85. The van der Waals surface area contributed by atoms with Gasteiger partial charge in [-0.1, -0.05) is 25.5 Å². The fourth-order valence-electron chi connectivity index (χ4n) is 2.59. The van der Waals surface area contributed by atoms with Crippen LogP contribution in [-0.2, 0) is 9.59 Å². The van der Waals surface area contributed by atoms with E-state index in [1.54, 1.807) is 11.2 Å². The van der Waals surface area contributed by atoms with E-state index in [4.69, 9.17) is 0 Å². The second-order valence-electron chi connectivity index (χ2n) is 5.50. The number of unbranched alkanes of at least 4 members (excludes halogenated alkanes) is 1. The highest BCUT2D eigenvalue weighted by Gasteiger charge is 2.36. The van der Waals surface area contributed by atoms with Crippen LogP contribution in [0.15, 0.2) is 34.4 Å². The fourth-order valence-corrected chi connectivity index (χ4v) is 2.59. The van der Waals surface area contributed by atoms with Gasteiger partial charge in [0, 0.05) is 12.1 Å². The van der Waals surface area contributed by atoms with Gasteiger partial charge in [-0.3, -0.25) is 9.59 Å². The van der Waals surface area contributed by atoms with Gasteiger partial charge in [-0.25, -0.2) is 10.4 Å². The van der Waals surface area contributed by atoms with Crippen LogP contribution in [0.3, 0.4) is 0 Å². The van der Waals surface area contributed by atoms with E-state index >= 15 is 0 Å². The molecule has 0 fully saturated rings. The van der Waals surface area contributed by atoms with Gasteiger partial charge in [0.2, 0.25) is 5.91 Å². The van der Waals surface area contributed by atoms with Crippen molar-refractivity contribution >= 4 is 29.7 Å². The second kappa shape index (κ2) is 6.60. The van der Waals surface area contributed by atoms with E-state index in [0.717, 1.165) is 24.1 Å². The lowest BCUT2D eigenvalue weighted by Gasteiger charge is -2.34. The Labute approximate surface area is 134 Å². The quantitative estimate of drug-likeness (QED) is 0.799. The smallest absolute Gasteiger partial charge is 0.263 e. The van der Waals surface area contributed by atoms with Crippen molar-refractivity contribution in [2.45, 2.75) is 32.2 Å². The standard InChI is InChI=1S/C16H19N5O2/c1-2-3-8-17-14(22)9-13-16(23)20-19-15-11-6-4-5-7-12(11)18-10-21(13)15/h4-7,10,13H,2-3,8-9H2,1H3,(H,17,22)(H,20,23)/t13-/m1/s1. The Bertz CT molecular complexity index is 683. The minimum Gasteiger partial charge on any atom is -0.356 e. The van der Waals surface area contributed by atoms with Crippen LogP contribution in [0.4, 0.5) is 5.69 Å². The Kier molecular flexibility index (Phi) is 4.36. The first-order valence-electron chi connectivity index (χ1n) is 7.77. The summed E-state index contributed by atoms with van der Waals surface area (Å²) in [5.74, 6) is 0.166. The molecule has 7 heteroatoms. The van der Waals surface area contributed by atoms with Gasteiger partial charge >= 0.3 is 0 Å². The summed E-state index contributed by atoms with van der Waals surface area (Å²) in [6.07, 6.45) is 3.58. The zero-order chi connectivity index (χ0) is 16.2. The number of hydrogen-bond donors (Lipinski definition) is 2. The van der Waals surface area contributed by atoms with Gasteiger partial charge in [0.25, 0.3) is 5.91 Å². The van der Waals surface area contributed by atoms with Crippen LogP contribution < -0.4 is 10.7 Å². The van der Waals surface area contributed by atoms with E-state index in [2.05, 4.69) is 27.8 Å². The summed E-state index contributed by atoms with van der Waals surface area (Å²) >= 11 is 0. The Morgan fingerprint density at radius 2 is 2.22 bits per heavy atom. The number of nitrogens with zero attached hydrogens (tertiary/aromatic N) is 3. The average molecular weight is 313 g/mol. The monoisotopic (exact) mass is 313 g/mol. The maximum absolute atomic E-state index is 12.1. The Morgan fingerprint density at radius 3 is 3.04 bits per heavy atom. The van der Waals surface area contributed by atoms with Gasteiger partial charge in [-0.2, -0.15) is 5.10 Å². The van der Waals surface area contributed by atoms with Gasteiger partial charge in [0.15, 0.2) is 5.84 Å². The lowest BCUT2D eigenvalue weighted by molar-refractivity contribution is -0.130. The molecule has 2 amide bonds. The number of rotatable bonds is 5. The van der Waals surface area contributed by atoms with Crippen LogP contribution in [0, 0.1) is 0 Å². The van der Waals surface area contributed by atoms with Crippen molar-refractivity contribution in [2.24, 2.45) is 10.1 Å². The molecule has 0 aromatic heterocycles. The van der Waals surface area contributed by atoms with Crippen molar-refractivity contribution in [1.29, 1.82) is 0 Å². The molecule has 0 saturated heterocycles. The van der Waals surface area contributed by atoms with Gasteiger partial charge in [0.1, 0.15) is 6.04 Å². The first kappa shape index (κ1) is 15.2. The molecule has 0 aliphatic carbocycles. The minimum atomic E-state index is -0.638. The second-order valence-corrected chi connectivity index (χ2v) is 5.50. The largest absolute Gasteiger partial charge is 0.356 e. The van der Waals surface area contributed by atoms with Crippen molar-refractivity contribution in [2.75, 3.05) is 6.54 Å². The number of carbonyl (C=O) groups is 2. The molecule has 2 aliphatic rings. The van der Waals surface area contributed by atoms with E-state index in [1.165, 1.54) is 0 Å². The summed E-state index contributed by atoms with van der Waals surface area (Å²) in [5, 5.41) is 6.96. The summed E-state index contributed by atoms with van der Waals surface area (Å²) in [6, 6.07) is 6.93. The molecule has 0 bridgehead atoms. The summed E-state index contributed by atoms with van der Waals surface area (Å²) in [7, 11) is 0. The predicted octanol–water partition coefficient (Wildman–Crippen LogP) is 1.13. The third kappa shape index (κ3) is 3.08. The van der Waals surface area contributed by atoms with Crippen LogP contribution in [0.5, 0.6) is 0 Å². The molecule has 1 atom stereocenters. The molecule has 1 aromatic carbocycles. The Hall–Kier alpha value is -2.70. The first-order valence-corrected chi connectivity index (χ1v) is 7.77. The minimum absolute atomic E-state index is 0.0722. The van der Waals surface area contributed by atoms with Crippen molar-refractivity contribution in [3.05, 3.63) is 29.8 Å². The summed E-state index contributed by atoms with van der Waals surface area (Å²) in [6.45, 7) is 2.69. The van der Waals surface area contributed by atoms with Gasteiger partial charge in [0.05, 0.1) is 18.4 Å². The van der Waals surface area contributed by atoms with Crippen molar-refractivity contribution in [3.63, 3.8) is 0 Å². The number of hydrazone groups is 1. The summed E-state index contributed by atoms with van der Waals surface area (Å²) in [4.78, 5) is 30.2. The number of amidine groups is 1. The molecule has 120 valence electrons.